The van der Waals surface area contributed by atoms with E-state index >= 15 is 0 Å². The van der Waals surface area contributed by atoms with Crippen LogP contribution in [0.3, 0.4) is 0 Å². The van der Waals surface area contributed by atoms with E-state index in [0.29, 0.717) is 28.2 Å². The Hall–Kier alpha value is -2.44. The summed E-state index contributed by atoms with van der Waals surface area (Å²) in [5.74, 6) is -0.225. The molecule has 0 aliphatic carbocycles. The van der Waals surface area contributed by atoms with Gasteiger partial charge in [-0.1, -0.05) is 36.4 Å². The Kier molecular flexibility index (Phi) is 6.28. The van der Waals surface area contributed by atoms with E-state index in [1.807, 2.05) is 36.4 Å². The molecule has 0 saturated heterocycles. The molecule has 0 heterocycles. The highest BCUT2D eigenvalue weighted by atomic mass is 28.2. The maximum absolute atomic E-state index is 12.5. The van der Waals surface area contributed by atoms with Crippen LogP contribution < -0.4 is 0 Å². The average molecular weight is 342 g/mol. The molecule has 0 saturated carbocycles. The van der Waals surface area contributed by atoms with E-state index < -0.39 is 6.23 Å². The van der Waals surface area contributed by atoms with E-state index in [0.717, 1.165) is 0 Å². The maximum Gasteiger partial charge on any atom is 0.255 e. The summed E-state index contributed by atoms with van der Waals surface area (Å²) >= 11 is 0. The fraction of sp³-hybridized carbons (Fsp3) is 0.222. The van der Waals surface area contributed by atoms with Crippen molar-refractivity contribution in [3.8, 4) is 0 Å². The van der Waals surface area contributed by atoms with E-state index in [2.05, 4.69) is 0 Å². The number of rotatable bonds is 6. The van der Waals surface area contributed by atoms with Crippen LogP contribution >= 0.6 is 0 Å². The van der Waals surface area contributed by atoms with Gasteiger partial charge in [-0.15, -0.1) is 0 Å². The van der Waals surface area contributed by atoms with E-state index in [4.69, 9.17) is 4.43 Å². The molecule has 0 radical (unpaired) electrons. The summed E-state index contributed by atoms with van der Waals surface area (Å²) in [5, 5.41) is 0. The minimum Gasteiger partial charge on any atom is -0.407 e. The quantitative estimate of drug-likeness (QED) is 0.585. The van der Waals surface area contributed by atoms with Crippen LogP contribution in [0.25, 0.3) is 0 Å². The van der Waals surface area contributed by atoms with Gasteiger partial charge in [0.25, 0.3) is 11.8 Å². The Bertz CT molecular complexity index is 679. The predicted octanol–water partition coefficient (Wildman–Crippen LogP) is 1.15. The molecule has 0 aromatic heterocycles. The lowest BCUT2D eigenvalue weighted by Crippen LogP contribution is -2.46. The lowest BCUT2D eigenvalue weighted by atomic mass is 10.2. The zero-order valence-electron chi connectivity index (χ0n) is 14.2. The van der Waals surface area contributed by atoms with Gasteiger partial charge in [0, 0.05) is 25.2 Å². The number of carbonyl (C=O) groups excluding carboxylic acids is 2. The zero-order chi connectivity index (χ0) is 17.5. The van der Waals surface area contributed by atoms with Crippen molar-refractivity contribution in [1.82, 2.24) is 9.80 Å². The molecule has 0 aliphatic heterocycles. The highest BCUT2D eigenvalue weighted by molar-refractivity contribution is 5.99. The number of carbonyl (C=O) groups is 2. The van der Waals surface area contributed by atoms with Gasteiger partial charge < -0.3 is 14.2 Å². The van der Waals surface area contributed by atoms with E-state index in [1.54, 1.807) is 43.3 Å². The van der Waals surface area contributed by atoms with Gasteiger partial charge in [-0.3, -0.25) is 9.59 Å². The van der Waals surface area contributed by atoms with Gasteiger partial charge in [-0.2, -0.15) is 0 Å². The molecule has 0 fully saturated rings. The topological polar surface area (TPSA) is 49.9 Å². The normalized spacial score (nSPS) is 11.8. The van der Waals surface area contributed by atoms with Crippen LogP contribution in [0.4, 0.5) is 0 Å². The number of benzene rings is 2. The van der Waals surface area contributed by atoms with Gasteiger partial charge in [-0.25, -0.2) is 0 Å². The summed E-state index contributed by atoms with van der Waals surface area (Å²) in [6.07, 6.45) is -0.470. The highest BCUT2D eigenvalue weighted by Crippen LogP contribution is 2.10. The Balaban J connectivity index is 2.05. The van der Waals surface area contributed by atoms with Gasteiger partial charge in [0.2, 0.25) is 0 Å². The molecule has 0 N–H and O–H groups in total. The Morgan fingerprint density at radius 1 is 0.917 bits per heavy atom. The lowest BCUT2D eigenvalue weighted by Gasteiger charge is -2.31. The molecule has 2 amide bonds. The molecule has 1 unspecified atom stereocenters. The second-order valence-corrected chi connectivity index (χ2v) is 6.00. The molecule has 126 valence electrons. The second kappa shape index (κ2) is 8.42. The van der Waals surface area contributed by atoms with Crippen LogP contribution in [0.2, 0.25) is 0 Å². The molecular weight excluding hydrogens is 320 g/mol. The first-order valence-electron chi connectivity index (χ1n) is 7.70. The smallest absolute Gasteiger partial charge is 0.255 e. The largest absolute Gasteiger partial charge is 0.407 e. The third-order valence-corrected chi connectivity index (χ3v) is 4.39. The van der Waals surface area contributed by atoms with Crippen molar-refractivity contribution in [1.29, 1.82) is 0 Å². The van der Waals surface area contributed by atoms with Gasteiger partial charge >= 0.3 is 0 Å². The number of likely N-dealkylation sites (N-methyl/N-ethyl adjacent to an activating group) is 2. The van der Waals surface area contributed by atoms with Gasteiger partial charge in [0.15, 0.2) is 0 Å². The number of amides is 2. The van der Waals surface area contributed by atoms with E-state index in [-0.39, 0.29) is 11.8 Å². The van der Waals surface area contributed by atoms with Crippen molar-refractivity contribution in [3.05, 3.63) is 71.8 Å². The molecular formula is C18H22N2O3Si. The minimum atomic E-state index is -0.470. The fourth-order valence-corrected chi connectivity index (χ4v) is 2.85. The molecule has 5 nitrogen and oxygen atoms in total. The fourth-order valence-electron chi connectivity index (χ4n) is 2.39. The lowest BCUT2D eigenvalue weighted by molar-refractivity contribution is 0.0210. The number of nitrogens with zero attached hydrogens (tertiary/aromatic N) is 2. The standard InChI is InChI=1S/C18H22N2O3Si/c1-19(17(21)14-9-5-3-6-10-14)13-16(23-24)20(2)18(22)15-11-7-4-8-12-15/h3-12,16H,13H2,1-2,24H3. The Morgan fingerprint density at radius 3 is 1.83 bits per heavy atom. The molecule has 1 atom stereocenters. The SMILES string of the molecule is CN(CC(O[SiH3])N(C)C(=O)c1ccccc1)C(=O)c1ccccc1. The third kappa shape index (κ3) is 4.30. The van der Waals surface area contributed by atoms with Crippen LogP contribution in [0, 0.1) is 0 Å². The summed E-state index contributed by atoms with van der Waals surface area (Å²) in [6.45, 7) is 0.312. The monoisotopic (exact) mass is 342 g/mol. The van der Waals surface area contributed by atoms with Crippen molar-refractivity contribution in [2.75, 3.05) is 20.6 Å². The second-order valence-electron chi connectivity index (χ2n) is 5.52. The van der Waals surface area contributed by atoms with E-state index in [1.165, 1.54) is 4.90 Å². The summed E-state index contributed by atoms with van der Waals surface area (Å²) in [6, 6.07) is 18.1. The third-order valence-electron chi connectivity index (χ3n) is 3.84. The first-order valence-corrected chi connectivity index (χ1v) is 8.51. The van der Waals surface area contributed by atoms with Crippen molar-refractivity contribution in [2.45, 2.75) is 6.23 Å². The summed E-state index contributed by atoms with van der Waals surface area (Å²) in [4.78, 5) is 28.1. The first kappa shape index (κ1) is 17.9. The van der Waals surface area contributed by atoms with Crippen LogP contribution in [-0.4, -0.2) is 59.0 Å². The molecule has 0 spiro atoms. The van der Waals surface area contributed by atoms with Gasteiger partial charge in [-0.05, 0) is 24.3 Å². The predicted molar refractivity (Wildman–Crippen MR) is 96.8 cm³/mol. The zero-order valence-corrected chi connectivity index (χ0v) is 16.2. The van der Waals surface area contributed by atoms with E-state index in [9.17, 15) is 9.59 Å². The molecule has 2 rings (SSSR count). The van der Waals surface area contributed by atoms with Crippen LogP contribution in [-0.2, 0) is 4.43 Å². The van der Waals surface area contributed by atoms with Crippen LogP contribution in [0.5, 0.6) is 0 Å². The first-order chi connectivity index (χ1) is 11.5. The average Bonchev–Trinajstić information content (AvgIpc) is 2.65. The Morgan fingerprint density at radius 2 is 1.38 bits per heavy atom. The van der Waals surface area contributed by atoms with Crippen LogP contribution in [0.1, 0.15) is 20.7 Å². The number of hydrogen-bond donors (Lipinski definition) is 0. The van der Waals surface area contributed by atoms with Crippen molar-refractivity contribution >= 4 is 22.3 Å². The molecule has 2 aromatic carbocycles. The summed E-state index contributed by atoms with van der Waals surface area (Å²) < 4.78 is 5.56. The van der Waals surface area contributed by atoms with Gasteiger partial charge in [0.05, 0.1) is 6.54 Å². The van der Waals surface area contributed by atoms with Gasteiger partial charge in [0.1, 0.15) is 16.7 Å². The molecule has 0 bridgehead atoms. The molecule has 0 aliphatic rings. The van der Waals surface area contributed by atoms with Crippen molar-refractivity contribution in [3.63, 3.8) is 0 Å². The minimum absolute atomic E-state index is 0.0973. The summed E-state index contributed by atoms with van der Waals surface area (Å²) in [7, 11) is 3.87. The van der Waals surface area contributed by atoms with Crippen LogP contribution in [0.15, 0.2) is 60.7 Å². The molecule has 24 heavy (non-hydrogen) atoms. The summed E-state index contributed by atoms with van der Waals surface area (Å²) in [5.41, 5.74) is 1.21. The molecule has 6 heteroatoms. The van der Waals surface area contributed by atoms with Crippen molar-refractivity contribution in [2.24, 2.45) is 0 Å². The molecule has 2 aromatic rings. The number of hydrogen-bond acceptors (Lipinski definition) is 3. The highest BCUT2D eigenvalue weighted by Gasteiger charge is 2.23. The maximum atomic E-state index is 12.5. The Labute approximate surface area is 145 Å². The van der Waals surface area contributed by atoms with Crippen molar-refractivity contribution < 1.29 is 14.0 Å².